The Labute approximate surface area is 123 Å². The maximum Gasteiger partial charge on any atom is 0.228 e. The summed E-state index contributed by atoms with van der Waals surface area (Å²) in [4.78, 5) is 8.29. The number of nitrogens with two attached hydrogens (primary N) is 1. The molecule has 3 N–H and O–H groups in total. The van der Waals surface area contributed by atoms with Crippen LogP contribution in [-0.4, -0.2) is 9.97 Å². The number of hydrogen-bond donors (Lipinski definition) is 2. The summed E-state index contributed by atoms with van der Waals surface area (Å²) < 4.78 is 5.85. The van der Waals surface area contributed by atoms with E-state index in [0.717, 1.165) is 11.1 Å². The number of nitrogens with zero attached hydrogens (tertiary/aromatic N) is 2. The van der Waals surface area contributed by atoms with Crippen molar-refractivity contribution >= 4 is 17.4 Å². The minimum Gasteiger partial charge on any atom is -0.437 e. The Balaban J connectivity index is 2.45. The molecule has 0 saturated heterocycles. The van der Waals surface area contributed by atoms with E-state index in [0.29, 0.717) is 22.5 Å². The van der Waals surface area contributed by atoms with Crippen LogP contribution in [0.2, 0.25) is 5.02 Å². The van der Waals surface area contributed by atoms with Crippen molar-refractivity contribution in [2.75, 3.05) is 5.43 Å². The van der Waals surface area contributed by atoms with Crippen molar-refractivity contribution in [1.29, 1.82) is 0 Å². The fraction of sp³-hybridized carbons (Fsp3) is 0.286. The summed E-state index contributed by atoms with van der Waals surface area (Å²) in [7, 11) is 0. The fourth-order valence-corrected chi connectivity index (χ4v) is 2.05. The molecule has 20 heavy (non-hydrogen) atoms. The van der Waals surface area contributed by atoms with Crippen molar-refractivity contribution in [2.24, 2.45) is 5.84 Å². The van der Waals surface area contributed by atoms with Gasteiger partial charge in [-0.3, -0.25) is 0 Å². The Morgan fingerprint density at radius 1 is 1.30 bits per heavy atom. The minimum atomic E-state index is 0.154. The predicted octanol–water partition coefficient (Wildman–Crippen LogP) is 3.64. The predicted molar refractivity (Wildman–Crippen MR) is 80.2 cm³/mol. The maximum absolute atomic E-state index is 6.14. The Kier molecular flexibility index (Phi) is 4.42. The molecule has 0 aliphatic rings. The van der Waals surface area contributed by atoms with Crippen LogP contribution in [0.25, 0.3) is 0 Å². The highest BCUT2D eigenvalue weighted by Gasteiger charge is 2.17. The third-order valence-corrected chi connectivity index (χ3v) is 3.17. The molecule has 5 nitrogen and oxygen atoms in total. The lowest BCUT2D eigenvalue weighted by Crippen LogP contribution is -2.13. The highest BCUT2D eigenvalue weighted by atomic mass is 35.5. The van der Waals surface area contributed by atoms with Crippen LogP contribution >= 0.6 is 11.6 Å². The molecule has 0 saturated carbocycles. The number of hydrogen-bond acceptors (Lipinski definition) is 5. The van der Waals surface area contributed by atoms with Gasteiger partial charge in [-0.15, -0.1) is 0 Å². The molecule has 0 amide bonds. The first-order chi connectivity index (χ1) is 9.52. The average Bonchev–Trinajstić information content (AvgIpc) is 2.42. The van der Waals surface area contributed by atoms with Gasteiger partial charge in [0, 0.05) is 0 Å². The van der Waals surface area contributed by atoms with Gasteiger partial charge in [0.05, 0.1) is 10.6 Å². The molecule has 0 spiro atoms. The number of halogens is 1. The standard InChI is InChI=1S/C14H17ClN4O/c1-8(2)12-13(19-16)17-7-18-14(12)20-11-6-9(3)4-5-10(11)15/h4-8H,16H2,1-3H3,(H,17,18,19). The van der Waals surface area contributed by atoms with Crippen LogP contribution < -0.4 is 16.0 Å². The van der Waals surface area contributed by atoms with E-state index < -0.39 is 0 Å². The largest absolute Gasteiger partial charge is 0.437 e. The van der Waals surface area contributed by atoms with E-state index >= 15 is 0 Å². The molecule has 0 unspecified atom stereocenters. The number of nitrogen functional groups attached to an aromatic ring is 1. The zero-order chi connectivity index (χ0) is 14.7. The maximum atomic E-state index is 6.14. The van der Waals surface area contributed by atoms with Gasteiger partial charge in [-0.05, 0) is 30.5 Å². The molecule has 6 heteroatoms. The van der Waals surface area contributed by atoms with Crippen molar-refractivity contribution in [3.05, 3.63) is 40.7 Å². The van der Waals surface area contributed by atoms with Gasteiger partial charge < -0.3 is 10.2 Å². The highest BCUT2D eigenvalue weighted by Crippen LogP contribution is 2.35. The van der Waals surface area contributed by atoms with Crippen molar-refractivity contribution in [1.82, 2.24) is 9.97 Å². The Morgan fingerprint density at radius 3 is 2.70 bits per heavy atom. The van der Waals surface area contributed by atoms with Crippen LogP contribution in [0.4, 0.5) is 5.82 Å². The van der Waals surface area contributed by atoms with Crippen LogP contribution in [0.5, 0.6) is 11.6 Å². The number of anilines is 1. The van der Waals surface area contributed by atoms with Crippen LogP contribution in [0.3, 0.4) is 0 Å². The zero-order valence-corrected chi connectivity index (χ0v) is 12.4. The Hall–Kier alpha value is -1.85. The van der Waals surface area contributed by atoms with Gasteiger partial charge in [0.25, 0.3) is 0 Å². The van der Waals surface area contributed by atoms with E-state index in [-0.39, 0.29) is 5.92 Å². The molecule has 0 aliphatic heterocycles. The number of hydrazine groups is 1. The number of aryl methyl sites for hydroxylation is 1. The van der Waals surface area contributed by atoms with Gasteiger partial charge in [-0.2, -0.15) is 0 Å². The van der Waals surface area contributed by atoms with Crippen LogP contribution in [0.1, 0.15) is 30.9 Å². The molecule has 106 valence electrons. The quantitative estimate of drug-likeness (QED) is 0.665. The molecule has 0 aliphatic carbocycles. The first-order valence-electron chi connectivity index (χ1n) is 6.28. The van der Waals surface area contributed by atoms with E-state index in [1.807, 2.05) is 32.9 Å². The summed E-state index contributed by atoms with van der Waals surface area (Å²) >= 11 is 6.14. The first-order valence-corrected chi connectivity index (χ1v) is 6.66. The zero-order valence-electron chi connectivity index (χ0n) is 11.6. The van der Waals surface area contributed by atoms with Crippen molar-refractivity contribution in [3.63, 3.8) is 0 Å². The Bertz CT molecular complexity index is 616. The summed E-state index contributed by atoms with van der Waals surface area (Å²) in [6.07, 6.45) is 1.40. The number of benzene rings is 1. The average molecular weight is 293 g/mol. The van der Waals surface area contributed by atoms with Crippen LogP contribution in [0.15, 0.2) is 24.5 Å². The SMILES string of the molecule is Cc1ccc(Cl)c(Oc2ncnc(NN)c2C(C)C)c1. The lowest BCUT2D eigenvalue weighted by atomic mass is 10.1. The molecule has 0 atom stereocenters. The second-order valence-electron chi connectivity index (χ2n) is 4.78. The van der Waals surface area contributed by atoms with Gasteiger partial charge in [-0.1, -0.05) is 31.5 Å². The minimum absolute atomic E-state index is 0.154. The van der Waals surface area contributed by atoms with Crippen LogP contribution in [0, 0.1) is 6.92 Å². The molecule has 0 fully saturated rings. The topological polar surface area (TPSA) is 73.1 Å². The van der Waals surface area contributed by atoms with Gasteiger partial charge in [0.1, 0.15) is 12.1 Å². The van der Waals surface area contributed by atoms with Crippen molar-refractivity contribution in [3.8, 4) is 11.6 Å². The summed E-state index contributed by atoms with van der Waals surface area (Å²) in [5.41, 5.74) is 4.43. The highest BCUT2D eigenvalue weighted by molar-refractivity contribution is 6.32. The fourth-order valence-electron chi connectivity index (χ4n) is 1.89. The molecule has 2 aromatic rings. The van der Waals surface area contributed by atoms with E-state index in [2.05, 4.69) is 15.4 Å². The number of rotatable bonds is 4. The smallest absolute Gasteiger partial charge is 0.228 e. The van der Waals surface area contributed by atoms with Crippen molar-refractivity contribution in [2.45, 2.75) is 26.7 Å². The van der Waals surface area contributed by atoms with Crippen LogP contribution in [-0.2, 0) is 0 Å². The summed E-state index contributed by atoms with van der Waals surface area (Å²) in [6, 6.07) is 5.58. The number of ether oxygens (including phenoxy) is 1. The number of nitrogens with one attached hydrogen (secondary N) is 1. The van der Waals surface area contributed by atoms with Gasteiger partial charge in [0.2, 0.25) is 5.88 Å². The molecule has 0 radical (unpaired) electrons. The first kappa shape index (κ1) is 14.6. The third kappa shape index (κ3) is 3.00. The van der Waals surface area contributed by atoms with Crippen molar-refractivity contribution < 1.29 is 4.74 Å². The molecule has 1 aromatic carbocycles. The molecule has 1 aromatic heterocycles. The lowest BCUT2D eigenvalue weighted by molar-refractivity contribution is 0.451. The molecular weight excluding hydrogens is 276 g/mol. The second kappa shape index (κ2) is 6.07. The Morgan fingerprint density at radius 2 is 2.05 bits per heavy atom. The van der Waals surface area contributed by atoms with E-state index in [1.54, 1.807) is 6.07 Å². The second-order valence-corrected chi connectivity index (χ2v) is 5.18. The van der Waals surface area contributed by atoms with E-state index in [4.69, 9.17) is 22.2 Å². The monoisotopic (exact) mass is 292 g/mol. The molecule has 2 rings (SSSR count). The van der Waals surface area contributed by atoms with Gasteiger partial charge >= 0.3 is 0 Å². The number of aromatic nitrogens is 2. The summed E-state index contributed by atoms with van der Waals surface area (Å²) in [5, 5.41) is 0.533. The third-order valence-electron chi connectivity index (χ3n) is 2.85. The van der Waals surface area contributed by atoms with Gasteiger partial charge in [-0.25, -0.2) is 15.8 Å². The summed E-state index contributed by atoms with van der Waals surface area (Å²) in [5.74, 6) is 7.21. The summed E-state index contributed by atoms with van der Waals surface area (Å²) in [6.45, 7) is 6.01. The normalized spacial score (nSPS) is 10.7. The molecule has 1 heterocycles. The lowest BCUT2D eigenvalue weighted by Gasteiger charge is -2.16. The molecule has 0 bridgehead atoms. The molecular formula is C14H17ClN4O. The van der Waals surface area contributed by atoms with E-state index in [9.17, 15) is 0 Å². The van der Waals surface area contributed by atoms with E-state index in [1.165, 1.54) is 6.33 Å². The van der Waals surface area contributed by atoms with Gasteiger partial charge in [0.15, 0.2) is 5.82 Å².